The van der Waals surface area contributed by atoms with Gasteiger partial charge in [0, 0.05) is 18.9 Å². The third-order valence-corrected chi connectivity index (χ3v) is 3.08. The van der Waals surface area contributed by atoms with Crippen molar-refractivity contribution in [2.45, 2.75) is 32.4 Å². The van der Waals surface area contributed by atoms with Gasteiger partial charge in [0.25, 0.3) is 0 Å². The van der Waals surface area contributed by atoms with Crippen molar-refractivity contribution < 1.29 is 10.2 Å². The Labute approximate surface area is 96.3 Å². The van der Waals surface area contributed by atoms with Crippen molar-refractivity contribution in [3.63, 3.8) is 0 Å². The van der Waals surface area contributed by atoms with Gasteiger partial charge in [-0.3, -0.25) is 4.98 Å². The molecule has 0 fully saturated rings. The third kappa shape index (κ3) is 3.01. The molecule has 0 aliphatic heterocycles. The Bertz CT molecular complexity index is 316. The molecule has 16 heavy (non-hydrogen) atoms. The number of pyridine rings is 1. The van der Waals surface area contributed by atoms with Gasteiger partial charge in [-0.25, -0.2) is 0 Å². The van der Waals surface area contributed by atoms with Gasteiger partial charge in [0.15, 0.2) is 0 Å². The molecule has 1 aromatic heterocycles. The van der Waals surface area contributed by atoms with Crippen LogP contribution in [0.1, 0.15) is 24.5 Å². The lowest BCUT2D eigenvalue weighted by Crippen LogP contribution is -2.50. The smallest absolute Gasteiger partial charge is 0.0648 e. The van der Waals surface area contributed by atoms with Crippen LogP contribution in [0.5, 0.6) is 0 Å². The summed E-state index contributed by atoms with van der Waals surface area (Å²) in [6.45, 7) is 4.42. The summed E-state index contributed by atoms with van der Waals surface area (Å²) in [4.78, 5) is 4.06. The number of aromatic nitrogens is 1. The molecule has 0 amide bonds. The highest BCUT2D eigenvalue weighted by Gasteiger charge is 2.25. The van der Waals surface area contributed by atoms with E-state index in [4.69, 9.17) is 0 Å². The Morgan fingerprint density at radius 1 is 1.38 bits per heavy atom. The molecule has 0 aliphatic rings. The lowest BCUT2D eigenvalue weighted by molar-refractivity contribution is 0.0863. The first-order valence-corrected chi connectivity index (χ1v) is 5.53. The molecule has 0 aliphatic carbocycles. The van der Waals surface area contributed by atoms with E-state index in [1.54, 1.807) is 12.4 Å². The van der Waals surface area contributed by atoms with Crippen molar-refractivity contribution in [1.29, 1.82) is 0 Å². The monoisotopic (exact) mass is 224 g/mol. The fraction of sp³-hybridized carbons (Fsp3) is 0.583. The first-order valence-electron chi connectivity index (χ1n) is 5.53. The molecule has 0 saturated carbocycles. The minimum absolute atomic E-state index is 0.0701. The maximum atomic E-state index is 9.29. The summed E-state index contributed by atoms with van der Waals surface area (Å²) in [6.07, 6.45) is 4.24. The first-order chi connectivity index (χ1) is 7.67. The van der Waals surface area contributed by atoms with Gasteiger partial charge in [0.2, 0.25) is 0 Å². The fourth-order valence-corrected chi connectivity index (χ4v) is 1.47. The van der Waals surface area contributed by atoms with Crippen LogP contribution in [0.25, 0.3) is 0 Å². The van der Waals surface area contributed by atoms with Crippen LogP contribution in [0.2, 0.25) is 0 Å². The number of nitrogens with zero attached hydrogens (tertiary/aromatic N) is 1. The normalized spacial score (nSPS) is 11.8. The van der Waals surface area contributed by atoms with Gasteiger partial charge >= 0.3 is 0 Å². The molecule has 0 saturated heterocycles. The predicted octanol–water partition coefficient (Wildman–Crippen LogP) is 0.613. The zero-order valence-corrected chi connectivity index (χ0v) is 9.90. The number of aryl methyl sites for hydroxylation is 1. The molecule has 0 radical (unpaired) electrons. The van der Waals surface area contributed by atoms with Gasteiger partial charge in [-0.05, 0) is 30.5 Å². The molecule has 3 N–H and O–H groups in total. The highest BCUT2D eigenvalue weighted by Crippen LogP contribution is 2.11. The minimum Gasteiger partial charge on any atom is -0.394 e. The second-order valence-electron chi connectivity index (χ2n) is 4.11. The molecular formula is C12H20N2O2. The Hall–Kier alpha value is -0.970. The quantitative estimate of drug-likeness (QED) is 0.662. The molecule has 1 aromatic rings. The second-order valence-corrected chi connectivity index (χ2v) is 4.11. The highest BCUT2D eigenvalue weighted by molar-refractivity contribution is 5.21. The number of hydrogen-bond acceptors (Lipinski definition) is 4. The van der Waals surface area contributed by atoms with Gasteiger partial charge in [0.05, 0.1) is 18.8 Å². The number of aliphatic hydroxyl groups excluding tert-OH is 2. The van der Waals surface area contributed by atoms with Crippen LogP contribution < -0.4 is 5.32 Å². The predicted molar refractivity (Wildman–Crippen MR) is 63.0 cm³/mol. The van der Waals surface area contributed by atoms with Crippen LogP contribution in [0.4, 0.5) is 0 Å². The molecule has 90 valence electrons. The average Bonchev–Trinajstić information content (AvgIpc) is 2.34. The summed E-state index contributed by atoms with van der Waals surface area (Å²) in [5.41, 5.74) is 1.65. The lowest BCUT2D eigenvalue weighted by atomic mass is 9.98. The Morgan fingerprint density at radius 3 is 2.56 bits per heavy atom. The van der Waals surface area contributed by atoms with Gasteiger partial charge in [-0.2, -0.15) is 0 Å². The van der Waals surface area contributed by atoms with E-state index in [-0.39, 0.29) is 13.2 Å². The zero-order valence-electron chi connectivity index (χ0n) is 9.90. The maximum Gasteiger partial charge on any atom is 0.0648 e. The summed E-state index contributed by atoms with van der Waals surface area (Å²) in [7, 11) is 0. The standard InChI is InChI=1S/C12H20N2O2/c1-3-12(8-15,9-16)14-7-11-6-13-5-4-10(11)2/h4-6,14-16H,3,7-9H2,1-2H3. The number of hydrogen-bond donors (Lipinski definition) is 3. The Balaban J connectivity index is 2.66. The topological polar surface area (TPSA) is 65.4 Å². The van der Waals surface area contributed by atoms with Crippen molar-refractivity contribution in [2.75, 3.05) is 13.2 Å². The lowest BCUT2D eigenvalue weighted by Gasteiger charge is -2.30. The van der Waals surface area contributed by atoms with E-state index in [0.29, 0.717) is 13.0 Å². The SMILES string of the molecule is CCC(CO)(CO)NCc1cnccc1C. The molecule has 4 heteroatoms. The van der Waals surface area contributed by atoms with Gasteiger partial charge < -0.3 is 15.5 Å². The Morgan fingerprint density at radius 2 is 2.06 bits per heavy atom. The fourth-order valence-electron chi connectivity index (χ4n) is 1.47. The second kappa shape index (κ2) is 5.94. The molecule has 0 bridgehead atoms. The van der Waals surface area contributed by atoms with Crippen LogP contribution in [0.15, 0.2) is 18.5 Å². The molecular weight excluding hydrogens is 204 g/mol. The van der Waals surface area contributed by atoms with E-state index in [2.05, 4.69) is 10.3 Å². The van der Waals surface area contributed by atoms with E-state index in [1.807, 2.05) is 19.9 Å². The molecule has 1 rings (SSSR count). The van der Waals surface area contributed by atoms with Crippen LogP contribution in [0, 0.1) is 6.92 Å². The van der Waals surface area contributed by atoms with Crippen molar-refractivity contribution in [2.24, 2.45) is 0 Å². The molecule has 4 nitrogen and oxygen atoms in total. The minimum atomic E-state index is -0.595. The summed E-state index contributed by atoms with van der Waals surface area (Å²) in [5, 5.41) is 21.8. The largest absolute Gasteiger partial charge is 0.394 e. The Kier molecular flexibility index (Phi) is 4.86. The number of nitrogens with one attached hydrogen (secondary N) is 1. The molecule has 0 spiro atoms. The van der Waals surface area contributed by atoms with E-state index in [0.717, 1.165) is 11.1 Å². The zero-order chi connectivity index (χ0) is 12.0. The summed E-state index contributed by atoms with van der Waals surface area (Å²) in [6, 6.07) is 1.95. The van der Waals surface area contributed by atoms with Crippen molar-refractivity contribution in [3.05, 3.63) is 29.6 Å². The van der Waals surface area contributed by atoms with Crippen LogP contribution in [-0.4, -0.2) is 33.9 Å². The van der Waals surface area contributed by atoms with E-state index < -0.39 is 5.54 Å². The summed E-state index contributed by atoms with van der Waals surface area (Å²) >= 11 is 0. The highest BCUT2D eigenvalue weighted by atomic mass is 16.3. The van der Waals surface area contributed by atoms with Crippen molar-refractivity contribution in [1.82, 2.24) is 10.3 Å². The maximum absolute atomic E-state index is 9.29. The van der Waals surface area contributed by atoms with Gasteiger partial charge in [-0.15, -0.1) is 0 Å². The van der Waals surface area contributed by atoms with Crippen molar-refractivity contribution >= 4 is 0 Å². The third-order valence-electron chi connectivity index (χ3n) is 3.08. The van der Waals surface area contributed by atoms with E-state index in [1.165, 1.54) is 0 Å². The first kappa shape index (κ1) is 13.1. The summed E-state index contributed by atoms with van der Waals surface area (Å²) in [5.74, 6) is 0. The van der Waals surface area contributed by atoms with Crippen LogP contribution in [0.3, 0.4) is 0 Å². The molecule has 0 aromatic carbocycles. The van der Waals surface area contributed by atoms with Crippen LogP contribution in [-0.2, 0) is 6.54 Å². The van der Waals surface area contributed by atoms with Gasteiger partial charge in [0.1, 0.15) is 0 Å². The molecule has 0 unspecified atom stereocenters. The average molecular weight is 224 g/mol. The summed E-state index contributed by atoms with van der Waals surface area (Å²) < 4.78 is 0. The van der Waals surface area contributed by atoms with Crippen molar-refractivity contribution in [3.8, 4) is 0 Å². The number of rotatable bonds is 6. The molecule has 0 atom stereocenters. The van der Waals surface area contributed by atoms with E-state index >= 15 is 0 Å². The van der Waals surface area contributed by atoms with Gasteiger partial charge in [-0.1, -0.05) is 6.92 Å². The number of aliphatic hydroxyl groups is 2. The van der Waals surface area contributed by atoms with Crippen LogP contribution >= 0.6 is 0 Å². The molecule has 1 heterocycles. The van der Waals surface area contributed by atoms with E-state index in [9.17, 15) is 10.2 Å².